The molecule has 1 aromatic heterocycles. The highest BCUT2D eigenvalue weighted by molar-refractivity contribution is 6.30. The number of anilines is 2. The van der Waals surface area contributed by atoms with Crippen LogP contribution in [0.25, 0.3) is 0 Å². The Morgan fingerprint density at radius 3 is 2.58 bits per heavy atom. The van der Waals surface area contributed by atoms with E-state index in [1.54, 1.807) is 36.7 Å². The summed E-state index contributed by atoms with van der Waals surface area (Å²) in [4.78, 5) is 34.7. The summed E-state index contributed by atoms with van der Waals surface area (Å²) in [6.07, 6.45) is 5.55. The molecule has 2 aliphatic heterocycles. The molecule has 8 heteroatoms. The van der Waals surface area contributed by atoms with Gasteiger partial charge in [-0.15, -0.1) is 0 Å². The highest BCUT2D eigenvalue weighted by Gasteiger charge is 2.53. The summed E-state index contributed by atoms with van der Waals surface area (Å²) in [7, 11) is 0. The Morgan fingerprint density at radius 2 is 1.87 bits per heavy atom. The molecule has 0 unspecified atom stereocenters. The minimum atomic E-state index is -0.513. The van der Waals surface area contributed by atoms with Gasteiger partial charge >= 0.3 is 6.03 Å². The molecule has 164 valence electrons. The number of nitrogens with one attached hydrogen (secondary N) is 2. The number of amides is 3. The zero-order chi connectivity index (χ0) is 21.8. The number of halogens is 1. The molecule has 2 N–H and O–H groups in total. The average molecular weight is 442 g/mol. The Hall–Kier alpha value is -2.64. The van der Waals surface area contributed by atoms with E-state index < -0.39 is 5.41 Å². The summed E-state index contributed by atoms with van der Waals surface area (Å²) in [5.41, 5.74) is 0.899. The minimum Gasteiger partial charge on any atom is -0.324 e. The van der Waals surface area contributed by atoms with E-state index in [2.05, 4.69) is 27.4 Å². The molecule has 3 amide bonds. The number of benzene rings is 1. The zero-order valence-electron chi connectivity index (χ0n) is 17.7. The molecule has 1 aromatic carbocycles. The van der Waals surface area contributed by atoms with Crippen LogP contribution in [0.5, 0.6) is 0 Å². The summed E-state index contributed by atoms with van der Waals surface area (Å²) >= 11 is 5.93. The molecule has 2 aliphatic rings. The minimum absolute atomic E-state index is 0.0291. The predicted octanol–water partition coefficient (Wildman–Crippen LogP) is 4.08. The van der Waals surface area contributed by atoms with Crippen LogP contribution >= 0.6 is 11.6 Å². The van der Waals surface area contributed by atoms with Crippen LogP contribution in [0.1, 0.15) is 26.2 Å². The third-order valence-corrected chi connectivity index (χ3v) is 6.84. The lowest BCUT2D eigenvalue weighted by Gasteiger charge is -2.35. The van der Waals surface area contributed by atoms with E-state index in [4.69, 9.17) is 11.6 Å². The number of hydrogen-bond acceptors (Lipinski definition) is 4. The average Bonchev–Trinajstić information content (AvgIpc) is 3.03. The normalized spacial score (nSPS) is 23.7. The second kappa shape index (κ2) is 9.24. The number of hydrogen-bond donors (Lipinski definition) is 2. The quantitative estimate of drug-likeness (QED) is 0.749. The Balaban J connectivity index is 1.50. The smallest absolute Gasteiger partial charge is 0.321 e. The number of nitrogens with zero attached hydrogens (tertiary/aromatic N) is 3. The number of fused-ring (bicyclic) bond motifs is 1. The first kappa shape index (κ1) is 21.6. The molecule has 0 radical (unpaired) electrons. The van der Waals surface area contributed by atoms with Gasteiger partial charge in [0.25, 0.3) is 0 Å². The van der Waals surface area contributed by atoms with Crippen molar-refractivity contribution in [2.24, 2.45) is 5.41 Å². The summed E-state index contributed by atoms with van der Waals surface area (Å²) in [6.45, 7) is 5.07. The molecule has 0 spiro atoms. The summed E-state index contributed by atoms with van der Waals surface area (Å²) in [5.74, 6) is 0.0291. The lowest BCUT2D eigenvalue weighted by molar-refractivity contribution is -0.127. The van der Waals surface area contributed by atoms with Crippen LogP contribution in [0.2, 0.25) is 5.02 Å². The molecule has 2 saturated heterocycles. The highest BCUT2D eigenvalue weighted by atomic mass is 35.5. The fraction of sp³-hybridized carbons (Fsp3) is 0.435. The van der Waals surface area contributed by atoms with Crippen LogP contribution in [-0.4, -0.2) is 58.9 Å². The van der Waals surface area contributed by atoms with Crippen molar-refractivity contribution < 1.29 is 9.59 Å². The molecule has 4 rings (SSSR count). The van der Waals surface area contributed by atoms with Crippen LogP contribution in [0.4, 0.5) is 16.2 Å². The van der Waals surface area contributed by atoms with Crippen LogP contribution in [0, 0.1) is 5.41 Å². The monoisotopic (exact) mass is 441 g/mol. The maximum absolute atomic E-state index is 13.5. The van der Waals surface area contributed by atoms with Crippen LogP contribution in [0.3, 0.4) is 0 Å². The van der Waals surface area contributed by atoms with Crippen LogP contribution in [0.15, 0.2) is 48.8 Å². The van der Waals surface area contributed by atoms with E-state index in [1.165, 1.54) is 0 Å². The van der Waals surface area contributed by atoms with Crippen molar-refractivity contribution in [3.05, 3.63) is 53.8 Å². The molecular formula is C23H28ClN5O2. The van der Waals surface area contributed by atoms with Gasteiger partial charge in [-0.05, 0) is 68.8 Å². The molecule has 0 aliphatic carbocycles. The van der Waals surface area contributed by atoms with Crippen molar-refractivity contribution in [3.63, 3.8) is 0 Å². The molecule has 0 bridgehead atoms. The van der Waals surface area contributed by atoms with Gasteiger partial charge in [-0.25, -0.2) is 4.79 Å². The third kappa shape index (κ3) is 4.52. The Bertz CT molecular complexity index is 923. The number of likely N-dealkylation sites (tertiary alicyclic amines) is 2. The number of aromatic nitrogens is 1. The first-order chi connectivity index (χ1) is 15.0. The second-order valence-electron chi connectivity index (χ2n) is 8.21. The summed E-state index contributed by atoms with van der Waals surface area (Å²) < 4.78 is 0. The molecule has 2 fully saturated rings. The van der Waals surface area contributed by atoms with E-state index in [0.29, 0.717) is 35.9 Å². The van der Waals surface area contributed by atoms with E-state index in [1.807, 2.05) is 17.0 Å². The molecule has 2 atom stereocenters. The fourth-order valence-electron chi connectivity index (χ4n) is 4.88. The molecule has 31 heavy (non-hydrogen) atoms. The summed E-state index contributed by atoms with van der Waals surface area (Å²) in [6, 6.07) is 10.7. The van der Waals surface area contributed by atoms with Gasteiger partial charge in [0.2, 0.25) is 5.91 Å². The van der Waals surface area contributed by atoms with Crippen LogP contribution < -0.4 is 10.6 Å². The largest absolute Gasteiger partial charge is 0.324 e. The van der Waals surface area contributed by atoms with Gasteiger partial charge in [0.05, 0.1) is 17.3 Å². The van der Waals surface area contributed by atoms with Gasteiger partial charge in [-0.1, -0.05) is 18.5 Å². The maximum Gasteiger partial charge on any atom is 0.321 e. The first-order valence-corrected chi connectivity index (χ1v) is 11.2. The first-order valence-electron chi connectivity index (χ1n) is 10.8. The lowest BCUT2D eigenvalue weighted by Crippen LogP contribution is -2.47. The van der Waals surface area contributed by atoms with E-state index >= 15 is 0 Å². The number of carbonyl (C=O) groups is 2. The maximum atomic E-state index is 13.5. The van der Waals surface area contributed by atoms with E-state index in [9.17, 15) is 9.59 Å². The summed E-state index contributed by atoms with van der Waals surface area (Å²) in [5, 5.41) is 6.65. The Morgan fingerprint density at radius 1 is 1.10 bits per heavy atom. The molecule has 0 saturated carbocycles. The Kier molecular flexibility index (Phi) is 6.43. The number of pyridine rings is 1. The molecular weight excluding hydrogens is 414 g/mol. The predicted molar refractivity (Wildman–Crippen MR) is 122 cm³/mol. The zero-order valence-corrected chi connectivity index (χ0v) is 18.4. The van der Waals surface area contributed by atoms with Gasteiger partial charge in [0.15, 0.2) is 0 Å². The molecule has 3 heterocycles. The topological polar surface area (TPSA) is 77.6 Å². The molecule has 7 nitrogen and oxygen atoms in total. The van der Waals surface area contributed by atoms with Crippen molar-refractivity contribution >= 4 is 34.9 Å². The fourth-order valence-corrected chi connectivity index (χ4v) is 5.00. The van der Waals surface area contributed by atoms with E-state index in [0.717, 1.165) is 25.9 Å². The highest BCUT2D eigenvalue weighted by Crippen LogP contribution is 2.44. The SMILES string of the molecule is CCN1CC[C@]2(C(=O)Nc3cccnc3)CCN(C(=O)Nc3ccc(Cl)cc3)CC[C@H]12. The van der Waals surface area contributed by atoms with Gasteiger partial charge < -0.3 is 15.5 Å². The van der Waals surface area contributed by atoms with Crippen LogP contribution in [-0.2, 0) is 4.79 Å². The van der Waals surface area contributed by atoms with Crippen molar-refractivity contribution in [2.45, 2.75) is 32.2 Å². The van der Waals surface area contributed by atoms with Crippen molar-refractivity contribution in [2.75, 3.05) is 36.8 Å². The van der Waals surface area contributed by atoms with Gasteiger partial charge in [0, 0.05) is 36.0 Å². The Labute approximate surface area is 187 Å². The van der Waals surface area contributed by atoms with E-state index in [-0.39, 0.29) is 18.0 Å². The second-order valence-corrected chi connectivity index (χ2v) is 8.65. The van der Waals surface area contributed by atoms with Gasteiger partial charge in [-0.3, -0.25) is 14.7 Å². The third-order valence-electron chi connectivity index (χ3n) is 6.58. The standard InChI is InChI=1S/C23H28ClN5O2/c1-2-28-14-10-23(21(30)26-19-4-3-12-25-16-19)11-15-29(13-9-20(23)28)22(31)27-18-7-5-17(24)6-8-18/h3-8,12,16,20H,2,9-11,13-15H2,1H3,(H,26,30)(H,27,31)/t20-,23-/m0/s1. The molecule has 2 aromatic rings. The van der Waals surface area contributed by atoms with Gasteiger partial charge in [-0.2, -0.15) is 0 Å². The van der Waals surface area contributed by atoms with Crippen molar-refractivity contribution in [1.82, 2.24) is 14.8 Å². The lowest BCUT2D eigenvalue weighted by atomic mass is 9.75. The number of carbonyl (C=O) groups excluding carboxylic acids is 2. The van der Waals surface area contributed by atoms with Crippen molar-refractivity contribution in [1.29, 1.82) is 0 Å². The van der Waals surface area contributed by atoms with Gasteiger partial charge in [0.1, 0.15) is 0 Å². The number of urea groups is 1. The number of rotatable bonds is 4. The van der Waals surface area contributed by atoms with Crippen molar-refractivity contribution in [3.8, 4) is 0 Å².